The number of nitrogens with zero attached hydrogens (tertiary/aromatic N) is 2. The van der Waals surface area contributed by atoms with Gasteiger partial charge < -0.3 is 14.9 Å². The number of likely N-dealkylation sites (N-methyl/N-ethyl adjacent to an activating group) is 1. The second kappa shape index (κ2) is 6.98. The zero-order valence-corrected chi connectivity index (χ0v) is 14.7. The van der Waals surface area contributed by atoms with Crippen molar-refractivity contribution in [2.75, 3.05) is 33.3 Å². The van der Waals surface area contributed by atoms with Crippen LogP contribution < -0.4 is 0 Å². The van der Waals surface area contributed by atoms with E-state index < -0.39 is 5.82 Å². The number of halogens is 2. The SMILES string of the molecule is CN1CCC[C@]2(CO)CCN(C(=O)Cc3ccc(F)cc3Cl)C[C@@H]12. The van der Waals surface area contributed by atoms with Gasteiger partial charge in [-0.15, -0.1) is 0 Å². The Labute approximate surface area is 147 Å². The molecule has 6 heteroatoms. The molecule has 1 aromatic rings. The summed E-state index contributed by atoms with van der Waals surface area (Å²) in [6.45, 7) is 2.46. The third kappa shape index (κ3) is 3.30. The first-order chi connectivity index (χ1) is 11.4. The minimum atomic E-state index is -0.397. The van der Waals surface area contributed by atoms with Crippen LogP contribution in [0.3, 0.4) is 0 Å². The molecule has 0 unspecified atom stereocenters. The fraction of sp³-hybridized carbons (Fsp3) is 0.611. The van der Waals surface area contributed by atoms with Gasteiger partial charge in [-0.3, -0.25) is 4.79 Å². The molecule has 2 heterocycles. The quantitative estimate of drug-likeness (QED) is 0.906. The van der Waals surface area contributed by atoms with Crippen molar-refractivity contribution < 1.29 is 14.3 Å². The average molecular weight is 355 g/mol. The zero-order chi connectivity index (χ0) is 17.3. The van der Waals surface area contributed by atoms with Gasteiger partial charge in [-0.25, -0.2) is 4.39 Å². The third-order valence-electron chi connectivity index (χ3n) is 5.72. The first kappa shape index (κ1) is 17.6. The van der Waals surface area contributed by atoms with Crippen LogP contribution in [0.2, 0.25) is 5.02 Å². The van der Waals surface area contributed by atoms with Gasteiger partial charge >= 0.3 is 0 Å². The molecule has 132 valence electrons. The predicted molar refractivity (Wildman–Crippen MR) is 91.5 cm³/mol. The van der Waals surface area contributed by atoms with E-state index in [1.165, 1.54) is 12.1 Å². The summed E-state index contributed by atoms with van der Waals surface area (Å²) >= 11 is 6.04. The van der Waals surface area contributed by atoms with E-state index in [2.05, 4.69) is 11.9 Å². The second-order valence-electron chi connectivity index (χ2n) is 7.12. The lowest BCUT2D eigenvalue weighted by molar-refractivity contribution is -0.139. The number of carbonyl (C=O) groups is 1. The molecule has 3 rings (SSSR count). The highest BCUT2D eigenvalue weighted by Gasteiger charge is 2.47. The van der Waals surface area contributed by atoms with E-state index in [4.69, 9.17) is 11.6 Å². The highest BCUT2D eigenvalue weighted by molar-refractivity contribution is 6.31. The zero-order valence-electron chi connectivity index (χ0n) is 14.0. The smallest absolute Gasteiger partial charge is 0.227 e. The molecule has 2 fully saturated rings. The van der Waals surface area contributed by atoms with Gasteiger partial charge in [0, 0.05) is 29.6 Å². The number of piperidine rings is 2. The van der Waals surface area contributed by atoms with Crippen molar-refractivity contribution in [2.45, 2.75) is 31.7 Å². The Morgan fingerprint density at radius 1 is 1.42 bits per heavy atom. The topological polar surface area (TPSA) is 43.8 Å². The first-order valence-electron chi connectivity index (χ1n) is 8.48. The molecular formula is C18H24ClFN2O2. The Morgan fingerprint density at radius 2 is 2.21 bits per heavy atom. The molecule has 0 spiro atoms. The molecule has 1 aromatic carbocycles. The van der Waals surface area contributed by atoms with Crippen molar-refractivity contribution in [3.05, 3.63) is 34.6 Å². The van der Waals surface area contributed by atoms with Crippen molar-refractivity contribution in [3.63, 3.8) is 0 Å². The molecule has 24 heavy (non-hydrogen) atoms. The number of aliphatic hydroxyl groups is 1. The van der Waals surface area contributed by atoms with Crippen LogP contribution in [0.25, 0.3) is 0 Å². The molecule has 1 N–H and O–H groups in total. The number of hydrogen-bond acceptors (Lipinski definition) is 3. The van der Waals surface area contributed by atoms with Gasteiger partial charge in [0.05, 0.1) is 13.0 Å². The second-order valence-corrected chi connectivity index (χ2v) is 7.53. The van der Waals surface area contributed by atoms with Gasteiger partial charge in [-0.1, -0.05) is 17.7 Å². The van der Waals surface area contributed by atoms with Crippen LogP contribution >= 0.6 is 11.6 Å². The minimum Gasteiger partial charge on any atom is -0.396 e. The maximum absolute atomic E-state index is 13.1. The fourth-order valence-electron chi connectivity index (χ4n) is 4.18. The number of aliphatic hydroxyl groups excluding tert-OH is 1. The van der Waals surface area contributed by atoms with Gasteiger partial charge in [0.2, 0.25) is 5.91 Å². The van der Waals surface area contributed by atoms with Crippen LogP contribution in [0.4, 0.5) is 4.39 Å². The molecule has 1 amide bonds. The number of carbonyl (C=O) groups excluding carboxylic acids is 1. The molecule has 0 aliphatic carbocycles. The lowest BCUT2D eigenvalue weighted by atomic mass is 9.69. The lowest BCUT2D eigenvalue weighted by Crippen LogP contribution is -2.62. The predicted octanol–water partition coefficient (Wildman–Crippen LogP) is 2.33. The van der Waals surface area contributed by atoms with E-state index in [0.717, 1.165) is 25.8 Å². The molecular weight excluding hydrogens is 331 g/mol. The summed E-state index contributed by atoms with van der Waals surface area (Å²) in [6, 6.07) is 4.34. The average Bonchev–Trinajstić information content (AvgIpc) is 2.57. The van der Waals surface area contributed by atoms with Crippen molar-refractivity contribution in [1.29, 1.82) is 0 Å². The summed E-state index contributed by atoms with van der Waals surface area (Å²) in [5.74, 6) is -0.389. The number of fused-ring (bicyclic) bond motifs is 1. The van der Waals surface area contributed by atoms with Crippen molar-refractivity contribution >= 4 is 17.5 Å². The third-order valence-corrected chi connectivity index (χ3v) is 6.07. The number of hydrogen-bond donors (Lipinski definition) is 1. The van der Waals surface area contributed by atoms with Crippen molar-refractivity contribution in [1.82, 2.24) is 9.80 Å². The molecule has 0 radical (unpaired) electrons. The van der Waals surface area contributed by atoms with Crippen molar-refractivity contribution in [3.8, 4) is 0 Å². The minimum absolute atomic E-state index is 0.00835. The van der Waals surface area contributed by atoms with Crippen LogP contribution in [-0.2, 0) is 11.2 Å². The summed E-state index contributed by atoms with van der Waals surface area (Å²) in [6.07, 6.45) is 3.11. The van der Waals surface area contributed by atoms with Crippen LogP contribution in [-0.4, -0.2) is 60.1 Å². The van der Waals surface area contributed by atoms with E-state index in [1.807, 2.05) is 4.90 Å². The standard InChI is InChI=1S/C18H24ClFN2O2/c1-21-7-2-5-18(12-23)6-8-22(11-16(18)21)17(24)9-13-3-4-14(20)10-15(13)19/h3-4,10,16,23H,2,5-9,11-12H2,1H3/t16-,18-/m1/s1. The van der Waals surface area contributed by atoms with Gasteiger partial charge in [0.15, 0.2) is 0 Å². The normalized spacial score (nSPS) is 27.8. The van der Waals surface area contributed by atoms with Crippen LogP contribution in [0.15, 0.2) is 18.2 Å². The maximum Gasteiger partial charge on any atom is 0.227 e. The molecule has 0 aromatic heterocycles. The highest BCUT2D eigenvalue weighted by Crippen LogP contribution is 2.41. The summed E-state index contributed by atoms with van der Waals surface area (Å²) < 4.78 is 13.1. The fourth-order valence-corrected chi connectivity index (χ4v) is 4.42. The Kier molecular flexibility index (Phi) is 5.13. The first-order valence-corrected chi connectivity index (χ1v) is 8.86. The van der Waals surface area contributed by atoms with E-state index in [9.17, 15) is 14.3 Å². The number of rotatable bonds is 3. The van der Waals surface area contributed by atoms with Gasteiger partial charge in [0.1, 0.15) is 5.82 Å². The number of amides is 1. The summed E-state index contributed by atoms with van der Waals surface area (Å²) in [7, 11) is 2.07. The van der Waals surface area contributed by atoms with Gasteiger partial charge in [0.25, 0.3) is 0 Å². The van der Waals surface area contributed by atoms with Crippen LogP contribution in [0, 0.1) is 11.2 Å². The van der Waals surface area contributed by atoms with Crippen LogP contribution in [0.1, 0.15) is 24.8 Å². The Hall–Kier alpha value is -1.17. The summed E-state index contributed by atoms with van der Waals surface area (Å²) in [5, 5.41) is 10.2. The van der Waals surface area contributed by atoms with E-state index >= 15 is 0 Å². The largest absolute Gasteiger partial charge is 0.396 e. The maximum atomic E-state index is 13.1. The van der Waals surface area contributed by atoms with Crippen LogP contribution in [0.5, 0.6) is 0 Å². The summed E-state index contributed by atoms with van der Waals surface area (Å²) in [5.41, 5.74) is 0.566. The molecule has 4 nitrogen and oxygen atoms in total. The molecule has 2 aliphatic heterocycles. The Balaban J connectivity index is 1.70. The molecule has 0 saturated carbocycles. The lowest BCUT2D eigenvalue weighted by Gasteiger charge is -2.53. The molecule has 0 bridgehead atoms. The molecule has 2 atom stereocenters. The van der Waals surface area contributed by atoms with Gasteiger partial charge in [-0.2, -0.15) is 0 Å². The highest BCUT2D eigenvalue weighted by atomic mass is 35.5. The van der Waals surface area contributed by atoms with E-state index in [0.29, 0.717) is 23.7 Å². The van der Waals surface area contributed by atoms with Gasteiger partial charge in [-0.05, 0) is 50.6 Å². The number of likely N-dealkylation sites (tertiary alicyclic amines) is 2. The monoisotopic (exact) mass is 354 g/mol. The van der Waals surface area contributed by atoms with E-state index in [1.54, 1.807) is 6.07 Å². The number of benzene rings is 1. The van der Waals surface area contributed by atoms with E-state index in [-0.39, 0.29) is 30.4 Å². The van der Waals surface area contributed by atoms with Crippen molar-refractivity contribution in [2.24, 2.45) is 5.41 Å². The Morgan fingerprint density at radius 3 is 2.92 bits per heavy atom. The molecule has 2 saturated heterocycles. The Bertz CT molecular complexity index is 627. The summed E-state index contributed by atoms with van der Waals surface area (Å²) in [4.78, 5) is 16.8. The molecule has 2 aliphatic rings.